The van der Waals surface area contributed by atoms with Gasteiger partial charge in [-0.1, -0.05) is 13.8 Å². The van der Waals surface area contributed by atoms with E-state index in [1.807, 2.05) is 0 Å². The van der Waals surface area contributed by atoms with Crippen LogP contribution in [0.1, 0.15) is 65.2 Å². The summed E-state index contributed by atoms with van der Waals surface area (Å²) in [5.74, 6) is 3.08. The molecule has 0 heterocycles. The van der Waals surface area contributed by atoms with Gasteiger partial charge in [-0.3, -0.25) is 4.79 Å². The van der Waals surface area contributed by atoms with Crippen LogP contribution in [0.5, 0.6) is 0 Å². The molecule has 1 amide bonds. The van der Waals surface area contributed by atoms with Crippen molar-refractivity contribution in [2.75, 3.05) is 0 Å². The molecule has 5 aliphatic carbocycles. The highest BCUT2D eigenvalue weighted by Gasteiger charge is 2.52. The Morgan fingerprint density at radius 3 is 2.00 bits per heavy atom. The molecule has 0 spiro atoms. The number of hydrogen-bond acceptors (Lipinski definition) is 2. The van der Waals surface area contributed by atoms with Crippen molar-refractivity contribution >= 4 is 5.91 Å². The standard InChI is InChI=1S/C18H30N2O/c1-17(2)14(19)6-15(17)20-16(21)10-18-7-11-3-12(8-18)5-13(4-11)9-18/h11-15H,3-10,19H2,1-2H3,(H,20,21). The Balaban J connectivity index is 1.39. The van der Waals surface area contributed by atoms with Crippen LogP contribution in [-0.4, -0.2) is 18.0 Å². The number of carbonyl (C=O) groups is 1. The van der Waals surface area contributed by atoms with E-state index in [9.17, 15) is 4.79 Å². The first-order valence-electron chi connectivity index (χ1n) is 8.91. The van der Waals surface area contributed by atoms with Gasteiger partial charge in [0.25, 0.3) is 0 Å². The predicted molar refractivity (Wildman–Crippen MR) is 83.5 cm³/mol. The SMILES string of the molecule is CC1(C)C(N)CC1NC(=O)CC12CC3CC(CC(C3)C1)C2. The number of nitrogens with one attached hydrogen (secondary N) is 1. The number of amides is 1. The summed E-state index contributed by atoms with van der Waals surface area (Å²) >= 11 is 0. The fraction of sp³-hybridized carbons (Fsp3) is 0.944. The first kappa shape index (κ1) is 14.0. The molecule has 21 heavy (non-hydrogen) atoms. The molecule has 0 aromatic carbocycles. The lowest BCUT2D eigenvalue weighted by atomic mass is 9.49. The van der Waals surface area contributed by atoms with E-state index in [0.717, 1.165) is 30.6 Å². The van der Waals surface area contributed by atoms with Gasteiger partial charge in [-0.2, -0.15) is 0 Å². The Kier molecular flexibility index (Phi) is 2.99. The summed E-state index contributed by atoms with van der Waals surface area (Å²) < 4.78 is 0. The second kappa shape index (κ2) is 4.47. The maximum absolute atomic E-state index is 12.6. The lowest BCUT2D eigenvalue weighted by molar-refractivity contribution is -0.132. The zero-order chi connectivity index (χ0) is 14.8. The molecule has 5 rings (SSSR count). The Morgan fingerprint density at radius 2 is 1.57 bits per heavy atom. The van der Waals surface area contributed by atoms with Crippen LogP contribution >= 0.6 is 0 Å². The quantitative estimate of drug-likeness (QED) is 0.840. The summed E-state index contributed by atoms with van der Waals surface area (Å²) in [6.45, 7) is 4.35. The molecule has 3 heteroatoms. The number of carbonyl (C=O) groups excluding carboxylic acids is 1. The van der Waals surface area contributed by atoms with Crippen molar-refractivity contribution < 1.29 is 4.79 Å². The van der Waals surface area contributed by atoms with Gasteiger partial charge in [-0.25, -0.2) is 0 Å². The van der Waals surface area contributed by atoms with Gasteiger partial charge >= 0.3 is 0 Å². The second-order valence-corrected chi connectivity index (χ2v) is 9.38. The lowest BCUT2D eigenvalue weighted by Crippen LogP contribution is -2.64. The smallest absolute Gasteiger partial charge is 0.220 e. The molecule has 5 saturated carbocycles. The predicted octanol–water partition coefficient (Wildman–Crippen LogP) is 2.83. The minimum absolute atomic E-state index is 0.0666. The van der Waals surface area contributed by atoms with Crippen LogP contribution in [0.15, 0.2) is 0 Å². The summed E-state index contributed by atoms with van der Waals surface area (Å²) in [5.41, 5.74) is 6.48. The third kappa shape index (κ3) is 2.23. The highest BCUT2D eigenvalue weighted by atomic mass is 16.1. The van der Waals surface area contributed by atoms with Gasteiger partial charge < -0.3 is 11.1 Å². The van der Waals surface area contributed by atoms with Crippen LogP contribution in [0, 0.1) is 28.6 Å². The molecule has 2 unspecified atom stereocenters. The number of hydrogen-bond donors (Lipinski definition) is 2. The van der Waals surface area contributed by atoms with E-state index < -0.39 is 0 Å². The molecule has 3 N–H and O–H groups in total. The Labute approximate surface area is 128 Å². The van der Waals surface area contributed by atoms with Gasteiger partial charge in [0.05, 0.1) is 0 Å². The van der Waals surface area contributed by atoms with Crippen molar-refractivity contribution in [2.45, 2.75) is 77.3 Å². The molecule has 118 valence electrons. The Hall–Kier alpha value is -0.570. The first-order valence-corrected chi connectivity index (χ1v) is 8.91. The Bertz CT molecular complexity index is 421. The van der Waals surface area contributed by atoms with Crippen molar-refractivity contribution in [1.82, 2.24) is 5.32 Å². The van der Waals surface area contributed by atoms with Gasteiger partial charge in [0.1, 0.15) is 0 Å². The monoisotopic (exact) mass is 290 g/mol. The summed E-state index contributed by atoms with van der Waals surface area (Å²) in [6, 6.07) is 0.524. The molecule has 4 bridgehead atoms. The van der Waals surface area contributed by atoms with Crippen molar-refractivity contribution in [3.63, 3.8) is 0 Å². The molecule has 0 aliphatic heterocycles. The molecular formula is C18H30N2O. The van der Waals surface area contributed by atoms with Crippen LogP contribution in [0.4, 0.5) is 0 Å². The maximum Gasteiger partial charge on any atom is 0.220 e. The summed E-state index contributed by atoms with van der Waals surface area (Å²) in [7, 11) is 0. The topological polar surface area (TPSA) is 55.1 Å². The van der Waals surface area contributed by atoms with Gasteiger partial charge in [0, 0.05) is 23.9 Å². The second-order valence-electron chi connectivity index (χ2n) is 9.38. The average Bonchev–Trinajstić information content (AvgIpc) is 2.36. The molecular weight excluding hydrogens is 260 g/mol. The van der Waals surface area contributed by atoms with Crippen LogP contribution in [0.3, 0.4) is 0 Å². The van der Waals surface area contributed by atoms with Gasteiger partial charge in [0.2, 0.25) is 5.91 Å². The van der Waals surface area contributed by atoms with Crippen LogP contribution in [0.2, 0.25) is 0 Å². The number of nitrogens with two attached hydrogens (primary N) is 1. The molecule has 5 fully saturated rings. The van der Waals surface area contributed by atoms with Gasteiger partial charge in [-0.15, -0.1) is 0 Å². The fourth-order valence-corrected chi connectivity index (χ4v) is 6.30. The van der Waals surface area contributed by atoms with Crippen molar-refractivity contribution in [3.05, 3.63) is 0 Å². The average molecular weight is 290 g/mol. The van der Waals surface area contributed by atoms with Crippen LogP contribution < -0.4 is 11.1 Å². The molecule has 0 aromatic heterocycles. The summed E-state index contributed by atoms with van der Waals surface area (Å²) in [5, 5.41) is 3.29. The van der Waals surface area contributed by atoms with Crippen molar-refractivity contribution in [1.29, 1.82) is 0 Å². The van der Waals surface area contributed by atoms with E-state index >= 15 is 0 Å². The highest BCUT2D eigenvalue weighted by Crippen LogP contribution is 2.61. The zero-order valence-corrected chi connectivity index (χ0v) is 13.5. The molecule has 3 nitrogen and oxygen atoms in total. The molecule has 0 aromatic rings. The number of rotatable bonds is 3. The zero-order valence-electron chi connectivity index (χ0n) is 13.5. The third-order valence-corrected chi connectivity index (χ3v) is 7.38. The van der Waals surface area contributed by atoms with Gasteiger partial charge in [0.15, 0.2) is 0 Å². The minimum atomic E-state index is 0.0666. The van der Waals surface area contributed by atoms with Crippen molar-refractivity contribution in [2.24, 2.45) is 34.3 Å². The largest absolute Gasteiger partial charge is 0.353 e. The van der Waals surface area contributed by atoms with Gasteiger partial charge in [-0.05, 0) is 68.1 Å². The van der Waals surface area contributed by atoms with E-state index in [4.69, 9.17) is 5.73 Å². The van der Waals surface area contributed by atoms with E-state index in [2.05, 4.69) is 19.2 Å². The molecule has 5 aliphatic rings. The van der Waals surface area contributed by atoms with Crippen LogP contribution in [0.25, 0.3) is 0 Å². The highest BCUT2D eigenvalue weighted by molar-refractivity contribution is 5.77. The molecule has 0 radical (unpaired) electrons. The van der Waals surface area contributed by atoms with E-state index in [0.29, 0.717) is 11.3 Å². The first-order chi connectivity index (χ1) is 9.86. The van der Waals surface area contributed by atoms with E-state index in [1.165, 1.54) is 38.5 Å². The summed E-state index contributed by atoms with van der Waals surface area (Å²) in [6.07, 6.45) is 10.0. The maximum atomic E-state index is 12.6. The minimum Gasteiger partial charge on any atom is -0.353 e. The Morgan fingerprint density at radius 1 is 1.05 bits per heavy atom. The van der Waals surface area contributed by atoms with E-state index in [1.54, 1.807) is 0 Å². The normalized spacial score (nSPS) is 49.8. The third-order valence-electron chi connectivity index (χ3n) is 7.38. The molecule has 2 atom stereocenters. The van der Waals surface area contributed by atoms with Crippen molar-refractivity contribution in [3.8, 4) is 0 Å². The molecule has 0 saturated heterocycles. The summed E-state index contributed by atoms with van der Waals surface area (Å²) in [4.78, 5) is 12.6. The fourth-order valence-electron chi connectivity index (χ4n) is 6.30. The van der Waals surface area contributed by atoms with Crippen LogP contribution in [-0.2, 0) is 4.79 Å². The van der Waals surface area contributed by atoms with E-state index in [-0.39, 0.29) is 17.5 Å². The lowest BCUT2D eigenvalue weighted by Gasteiger charge is -2.57.